The second kappa shape index (κ2) is 9.61. The number of benzene rings is 2. The van der Waals surface area contributed by atoms with Crippen LogP contribution in [0, 0.1) is 0 Å². The molecule has 0 aliphatic carbocycles. The highest BCUT2D eigenvalue weighted by Crippen LogP contribution is 2.14. The summed E-state index contributed by atoms with van der Waals surface area (Å²) in [6, 6.07) is 14.3. The quantitative estimate of drug-likeness (QED) is 0.706. The maximum Gasteiger partial charge on any atom is 0.335 e. The minimum Gasteiger partial charge on any atom is -0.478 e. The number of aromatic carboxylic acids is 1. The third kappa shape index (κ3) is 5.34. The smallest absolute Gasteiger partial charge is 0.335 e. The van der Waals surface area contributed by atoms with Crippen molar-refractivity contribution in [3.05, 3.63) is 65.2 Å². The lowest BCUT2D eigenvalue weighted by atomic mass is 10.1. The van der Waals surface area contributed by atoms with Gasteiger partial charge < -0.3 is 15.3 Å². The molecule has 138 valence electrons. The molecule has 0 spiro atoms. The molecule has 2 rings (SSSR count). The van der Waals surface area contributed by atoms with Crippen LogP contribution < -0.4 is 5.32 Å². The van der Waals surface area contributed by atoms with E-state index in [0.29, 0.717) is 12.1 Å². The predicted octanol–water partition coefficient (Wildman–Crippen LogP) is 4.26. The monoisotopic (exact) mass is 354 g/mol. The van der Waals surface area contributed by atoms with E-state index in [1.807, 2.05) is 35.2 Å². The third-order valence-corrected chi connectivity index (χ3v) is 4.08. The van der Waals surface area contributed by atoms with Crippen LogP contribution in [0.2, 0.25) is 0 Å². The van der Waals surface area contributed by atoms with Gasteiger partial charge in [0.1, 0.15) is 0 Å². The summed E-state index contributed by atoms with van der Waals surface area (Å²) in [5, 5.41) is 12.3. The molecule has 2 aromatic carbocycles. The lowest BCUT2D eigenvalue weighted by molar-refractivity contribution is 0.0695. The van der Waals surface area contributed by atoms with Crippen LogP contribution in [0.5, 0.6) is 0 Å². The van der Waals surface area contributed by atoms with E-state index < -0.39 is 5.97 Å². The number of nitrogens with zero attached hydrogens (tertiary/aromatic N) is 1. The molecular weight excluding hydrogens is 328 g/mol. The molecule has 0 heterocycles. The predicted molar refractivity (Wildman–Crippen MR) is 104 cm³/mol. The molecule has 0 radical (unpaired) electrons. The van der Waals surface area contributed by atoms with Crippen LogP contribution in [0.25, 0.3) is 0 Å². The zero-order valence-corrected chi connectivity index (χ0v) is 15.4. The first-order valence-corrected chi connectivity index (χ1v) is 9.00. The summed E-state index contributed by atoms with van der Waals surface area (Å²) in [6.45, 7) is 6.20. The van der Waals surface area contributed by atoms with Gasteiger partial charge in [0.15, 0.2) is 0 Å². The van der Waals surface area contributed by atoms with Gasteiger partial charge >= 0.3 is 5.97 Å². The largest absolute Gasteiger partial charge is 0.478 e. The molecule has 0 saturated carbocycles. The summed E-state index contributed by atoms with van der Waals surface area (Å²) < 4.78 is 0. The van der Waals surface area contributed by atoms with Crippen molar-refractivity contribution >= 4 is 17.6 Å². The molecule has 2 aromatic rings. The van der Waals surface area contributed by atoms with Crippen molar-refractivity contribution in [1.82, 2.24) is 4.90 Å². The summed E-state index contributed by atoms with van der Waals surface area (Å²) in [4.78, 5) is 25.5. The summed E-state index contributed by atoms with van der Waals surface area (Å²) in [5.41, 5.74) is 2.74. The van der Waals surface area contributed by atoms with Crippen molar-refractivity contribution in [1.29, 1.82) is 0 Å². The van der Waals surface area contributed by atoms with Crippen molar-refractivity contribution in [2.75, 3.05) is 18.4 Å². The van der Waals surface area contributed by atoms with Crippen LogP contribution >= 0.6 is 0 Å². The number of nitrogens with one attached hydrogen (secondary N) is 1. The van der Waals surface area contributed by atoms with Gasteiger partial charge in [0.2, 0.25) is 0 Å². The van der Waals surface area contributed by atoms with Gasteiger partial charge in [-0.05, 0) is 54.8 Å². The minimum atomic E-state index is -0.932. The maximum absolute atomic E-state index is 12.6. The van der Waals surface area contributed by atoms with E-state index in [-0.39, 0.29) is 11.5 Å². The van der Waals surface area contributed by atoms with Crippen LogP contribution in [-0.2, 0) is 6.54 Å². The Morgan fingerprint density at radius 2 is 1.62 bits per heavy atom. The third-order valence-electron chi connectivity index (χ3n) is 4.08. The average molecular weight is 354 g/mol. The van der Waals surface area contributed by atoms with Crippen molar-refractivity contribution in [2.45, 2.75) is 33.2 Å². The Morgan fingerprint density at radius 1 is 0.962 bits per heavy atom. The lowest BCUT2D eigenvalue weighted by Crippen LogP contribution is -2.32. The fourth-order valence-corrected chi connectivity index (χ4v) is 2.79. The molecular formula is C21H26N2O3. The van der Waals surface area contributed by atoms with E-state index >= 15 is 0 Å². The number of carboxylic acid groups (broad SMARTS) is 1. The van der Waals surface area contributed by atoms with Gasteiger partial charge in [-0.25, -0.2) is 4.79 Å². The van der Waals surface area contributed by atoms with E-state index in [0.717, 1.165) is 37.2 Å². The molecule has 0 atom stereocenters. The second-order valence-electron chi connectivity index (χ2n) is 6.23. The fourth-order valence-electron chi connectivity index (χ4n) is 2.79. The standard InChI is InChI=1S/C21H26N2O3/c1-3-12-23(13-4-2)20(24)17-8-10-19(11-9-17)22-15-16-6-5-7-18(14-16)21(25)26/h5-11,14,22H,3-4,12-13,15H2,1-2H3,(H,25,26). The molecule has 1 amide bonds. The number of carbonyl (C=O) groups excluding carboxylic acids is 1. The molecule has 0 aromatic heterocycles. The topological polar surface area (TPSA) is 69.6 Å². The highest BCUT2D eigenvalue weighted by molar-refractivity contribution is 5.94. The van der Waals surface area contributed by atoms with Gasteiger partial charge in [0.25, 0.3) is 5.91 Å². The maximum atomic E-state index is 12.6. The van der Waals surface area contributed by atoms with Crippen molar-refractivity contribution in [3.63, 3.8) is 0 Å². The Morgan fingerprint density at radius 3 is 2.19 bits per heavy atom. The normalized spacial score (nSPS) is 10.4. The molecule has 0 bridgehead atoms. The number of hydrogen-bond acceptors (Lipinski definition) is 3. The number of amides is 1. The average Bonchev–Trinajstić information content (AvgIpc) is 2.66. The Balaban J connectivity index is 1.99. The molecule has 0 saturated heterocycles. The van der Waals surface area contributed by atoms with Crippen LogP contribution in [0.3, 0.4) is 0 Å². The second-order valence-corrected chi connectivity index (χ2v) is 6.23. The first-order chi connectivity index (χ1) is 12.5. The van der Waals surface area contributed by atoms with Gasteiger partial charge in [-0.2, -0.15) is 0 Å². The molecule has 0 unspecified atom stereocenters. The Bertz CT molecular complexity index is 735. The Labute approximate surface area is 154 Å². The molecule has 0 aliphatic rings. The fraction of sp³-hybridized carbons (Fsp3) is 0.333. The molecule has 5 heteroatoms. The first kappa shape index (κ1) is 19.5. The minimum absolute atomic E-state index is 0.0643. The highest BCUT2D eigenvalue weighted by atomic mass is 16.4. The number of rotatable bonds is 9. The first-order valence-electron chi connectivity index (χ1n) is 9.00. The Hall–Kier alpha value is -2.82. The van der Waals surface area contributed by atoms with Crippen LogP contribution in [0.1, 0.15) is 53.0 Å². The summed E-state index contributed by atoms with van der Waals surface area (Å²) >= 11 is 0. The molecule has 2 N–H and O–H groups in total. The number of hydrogen-bond donors (Lipinski definition) is 2. The highest BCUT2D eigenvalue weighted by Gasteiger charge is 2.13. The van der Waals surface area contributed by atoms with Crippen LogP contribution in [-0.4, -0.2) is 35.0 Å². The van der Waals surface area contributed by atoms with E-state index in [4.69, 9.17) is 5.11 Å². The van der Waals surface area contributed by atoms with E-state index in [1.54, 1.807) is 18.2 Å². The SMILES string of the molecule is CCCN(CCC)C(=O)c1ccc(NCc2cccc(C(=O)O)c2)cc1. The van der Waals surface area contributed by atoms with Crippen LogP contribution in [0.4, 0.5) is 5.69 Å². The molecule has 5 nitrogen and oxygen atoms in total. The Kier molecular flexibility index (Phi) is 7.21. The van der Waals surface area contributed by atoms with E-state index in [2.05, 4.69) is 19.2 Å². The molecule has 0 aliphatic heterocycles. The van der Waals surface area contributed by atoms with Crippen LogP contribution in [0.15, 0.2) is 48.5 Å². The number of carbonyl (C=O) groups is 2. The van der Waals surface area contributed by atoms with Crippen molar-refractivity contribution in [2.24, 2.45) is 0 Å². The van der Waals surface area contributed by atoms with Gasteiger partial charge in [-0.1, -0.05) is 26.0 Å². The molecule has 26 heavy (non-hydrogen) atoms. The molecule has 0 fully saturated rings. The zero-order chi connectivity index (χ0) is 18.9. The zero-order valence-electron chi connectivity index (χ0n) is 15.4. The van der Waals surface area contributed by atoms with E-state index in [1.165, 1.54) is 0 Å². The van der Waals surface area contributed by atoms with E-state index in [9.17, 15) is 9.59 Å². The van der Waals surface area contributed by atoms with Gasteiger partial charge in [0, 0.05) is 30.9 Å². The van der Waals surface area contributed by atoms with Gasteiger partial charge in [0.05, 0.1) is 5.56 Å². The van der Waals surface area contributed by atoms with Crippen molar-refractivity contribution in [3.8, 4) is 0 Å². The lowest BCUT2D eigenvalue weighted by Gasteiger charge is -2.21. The summed E-state index contributed by atoms with van der Waals surface area (Å²) in [5.74, 6) is -0.868. The van der Waals surface area contributed by atoms with Crippen molar-refractivity contribution < 1.29 is 14.7 Å². The number of anilines is 1. The summed E-state index contributed by atoms with van der Waals surface area (Å²) in [6.07, 6.45) is 1.89. The van der Waals surface area contributed by atoms with Gasteiger partial charge in [-0.15, -0.1) is 0 Å². The van der Waals surface area contributed by atoms with Gasteiger partial charge in [-0.3, -0.25) is 4.79 Å². The number of carboxylic acids is 1. The summed E-state index contributed by atoms with van der Waals surface area (Å²) in [7, 11) is 0.